The number of hydrogen-bond donors (Lipinski definition) is 1. The van der Waals surface area contributed by atoms with E-state index in [-0.39, 0.29) is 0 Å². The lowest BCUT2D eigenvalue weighted by Gasteiger charge is -2.21. The molecular weight excluding hydrogens is 122 g/mol. The molecule has 0 radical (unpaired) electrons. The molecule has 1 aliphatic heterocycles. The molecule has 0 spiro atoms. The van der Waals surface area contributed by atoms with Crippen LogP contribution < -0.4 is 5.32 Å². The number of rotatable bonds is 2. The van der Waals surface area contributed by atoms with Crippen molar-refractivity contribution in [1.82, 2.24) is 5.32 Å². The Morgan fingerprint density at radius 2 is 2.00 bits per heavy atom. The average molecular weight is 141 g/mol. The summed E-state index contributed by atoms with van der Waals surface area (Å²) in [6.07, 6.45) is 1.39. The van der Waals surface area contributed by atoms with Crippen molar-refractivity contribution in [2.24, 2.45) is 17.8 Å². The van der Waals surface area contributed by atoms with E-state index in [9.17, 15) is 0 Å². The van der Waals surface area contributed by atoms with Gasteiger partial charge in [-0.2, -0.15) is 0 Å². The van der Waals surface area contributed by atoms with Gasteiger partial charge in [0, 0.05) is 0 Å². The van der Waals surface area contributed by atoms with Gasteiger partial charge in [0.25, 0.3) is 0 Å². The monoisotopic (exact) mass is 141 g/mol. The smallest absolute Gasteiger partial charge is 0.00174 e. The minimum Gasteiger partial charge on any atom is -0.316 e. The molecule has 1 fully saturated rings. The van der Waals surface area contributed by atoms with E-state index in [1.54, 1.807) is 0 Å². The van der Waals surface area contributed by atoms with Gasteiger partial charge in [-0.25, -0.2) is 0 Å². The Kier molecular flexibility index (Phi) is 2.72. The maximum atomic E-state index is 3.41. The van der Waals surface area contributed by atoms with Crippen molar-refractivity contribution in [3.63, 3.8) is 0 Å². The van der Waals surface area contributed by atoms with Crippen LogP contribution in [0.3, 0.4) is 0 Å². The van der Waals surface area contributed by atoms with Crippen LogP contribution in [0, 0.1) is 17.8 Å². The molecule has 2 atom stereocenters. The molecule has 0 aliphatic carbocycles. The fraction of sp³-hybridized carbons (Fsp3) is 1.00. The zero-order valence-corrected chi connectivity index (χ0v) is 7.35. The molecule has 60 valence electrons. The second-order valence-corrected chi connectivity index (χ2v) is 3.86. The van der Waals surface area contributed by atoms with Crippen LogP contribution in [0.1, 0.15) is 27.2 Å². The van der Waals surface area contributed by atoms with E-state index in [2.05, 4.69) is 26.1 Å². The van der Waals surface area contributed by atoms with Gasteiger partial charge in [-0.15, -0.1) is 0 Å². The third-order valence-corrected chi connectivity index (χ3v) is 2.89. The molecule has 1 rings (SSSR count). The second-order valence-electron chi connectivity index (χ2n) is 3.86. The summed E-state index contributed by atoms with van der Waals surface area (Å²) in [6.45, 7) is 9.51. The number of hydrogen-bond acceptors (Lipinski definition) is 1. The van der Waals surface area contributed by atoms with Gasteiger partial charge < -0.3 is 5.32 Å². The first-order valence-corrected chi connectivity index (χ1v) is 4.42. The van der Waals surface area contributed by atoms with Gasteiger partial charge in [-0.05, 0) is 37.3 Å². The third kappa shape index (κ3) is 1.72. The molecule has 0 amide bonds. The summed E-state index contributed by atoms with van der Waals surface area (Å²) in [4.78, 5) is 0. The molecule has 1 heteroatoms. The van der Waals surface area contributed by atoms with Crippen molar-refractivity contribution in [2.45, 2.75) is 27.2 Å². The fourth-order valence-electron chi connectivity index (χ4n) is 1.67. The maximum absolute atomic E-state index is 3.41. The molecule has 0 bridgehead atoms. The molecule has 1 aliphatic rings. The average Bonchev–Trinajstić information content (AvgIpc) is 2.36. The summed E-state index contributed by atoms with van der Waals surface area (Å²) in [6, 6.07) is 0. The van der Waals surface area contributed by atoms with Gasteiger partial charge >= 0.3 is 0 Å². The van der Waals surface area contributed by atoms with E-state index in [0.29, 0.717) is 0 Å². The summed E-state index contributed by atoms with van der Waals surface area (Å²) in [5.74, 6) is 2.69. The summed E-state index contributed by atoms with van der Waals surface area (Å²) in [5, 5.41) is 3.41. The van der Waals surface area contributed by atoms with Gasteiger partial charge in [0.05, 0.1) is 0 Å². The van der Waals surface area contributed by atoms with Crippen molar-refractivity contribution in [3.05, 3.63) is 0 Å². The molecule has 1 saturated heterocycles. The van der Waals surface area contributed by atoms with Crippen LogP contribution in [0.25, 0.3) is 0 Å². The summed E-state index contributed by atoms with van der Waals surface area (Å²) in [7, 11) is 0. The van der Waals surface area contributed by atoms with E-state index in [0.717, 1.165) is 17.8 Å². The lowest BCUT2D eigenvalue weighted by Crippen LogP contribution is -2.19. The van der Waals surface area contributed by atoms with Crippen LogP contribution in [-0.4, -0.2) is 13.1 Å². The standard InChI is InChI=1S/C9H19N/c1-7(2)8(3)9-4-5-10-6-9/h7-10H,4-6H2,1-3H3/t8-,9?/m0/s1. The molecule has 0 aromatic carbocycles. The van der Waals surface area contributed by atoms with Crippen LogP contribution >= 0.6 is 0 Å². The lowest BCUT2D eigenvalue weighted by atomic mass is 9.84. The van der Waals surface area contributed by atoms with Gasteiger partial charge in [-0.1, -0.05) is 20.8 Å². The van der Waals surface area contributed by atoms with Crippen LogP contribution in [0.5, 0.6) is 0 Å². The van der Waals surface area contributed by atoms with E-state index in [4.69, 9.17) is 0 Å². The second kappa shape index (κ2) is 3.38. The van der Waals surface area contributed by atoms with Crippen LogP contribution in [0.4, 0.5) is 0 Å². The summed E-state index contributed by atoms with van der Waals surface area (Å²) >= 11 is 0. The van der Waals surface area contributed by atoms with Gasteiger partial charge in [0.1, 0.15) is 0 Å². The van der Waals surface area contributed by atoms with Crippen molar-refractivity contribution in [1.29, 1.82) is 0 Å². The fourth-order valence-corrected chi connectivity index (χ4v) is 1.67. The number of nitrogens with one attached hydrogen (secondary N) is 1. The SMILES string of the molecule is CC(C)[C@H](C)C1CCNC1. The minimum atomic E-state index is 0.852. The van der Waals surface area contributed by atoms with Crippen molar-refractivity contribution >= 4 is 0 Å². The summed E-state index contributed by atoms with van der Waals surface area (Å²) in [5.41, 5.74) is 0. The normalized spacial score (nSPS) is 29.4. The predicted octanol–water partition coefficient (Wildman–Crippen LogP) is 1.89. The predicted molar refractivity (Wildman–Crippen MR) is 45.0 cm³/mol. The highest BCUT2D eigenvalue weighted by Gasteiger charge is 2.22. The third-order valence-electron chi connectivity index (χ3n) is 2.89. The highest BCUT2D eigenvalue weighted by molar-refractivity contribution is 4.77. The Balaban J connectivity index is 2.32. The zero-order valence-electron chi connectivity index (χ0n) is 7.35. The van der Waals surface area contributed by atoms with Gasteiger partial charge in [0.2, 0.25) is 0 Å². The Morgan fingerprint density at radius 1 is 1.30 bits per heavy atom. The molecule has 1 heterocycles. The molecule has 1 unspecified atom stereocenters. The first-order valence-electron chi connectivity index (χ1n) is 4.42. The van der Waals surface area contributed by atoms with E-state index >= 15 is 0 Å². The maximum Gasteiger partial charge on any atom is -0.00174 e. The van der Waals surface area contributed by atoms with Crippen molar-refractivity contribution in [3.8, 4) is 0 Å². The molecular formula is C9H19N. The van der Waals surface area contributed by atoms with Crippen molar-refractivity contribution < 1.29 is 0 Å². The molecule has 1 N–H and O–H groups in total. The Bertz CT molecular complexity index is 92.9. The molecule has 0 saturated carbocycles. The largest absolute Gasteiger partial charge is 0.316 e. The zero-order chi connectivity index (χ0) is 7.56. The molecule has 0 aromatic heterocycles. The van der Waals surface area contributed by atoms with Gasteiger partial charge in [0.15, 0.2) is 0 Å². The Labute approximate surface area is 64.2 Å². The summed E-state index contributed by atoms with van der Waals surface area (Å²) < 4.78 is 0. The topological polar surface area (TPSA) is 12.0 Å². The molecule has 1 nitrogen and oxygen atoms in total. The first kappa shape index (κ1) is 8.06. The highest BCUT2D eigenvalue weighted by Crippen LogP contribution is 2.24. The first-order chi connectivity index (χ1) is 4.72. The Hall–Kier alpha value is -0.0400. The molecule has 0 aromatic rings. The quantitative estimate of drug-likeness (QED) is 0.619. The Morgan fingerprint density at radius 3 is 2.40 bits per heavy atom. The van der Waals surface area contributed by atoms with Crippen LogP contribution in [-0.2, 0) is 0 Å². The van der Waals surface area contributed by atoms with E-state index in [1.165, 1.54) is 19.5 Å². The highest BCUT2D eigenvalue weighted by atomic mass is 14.9. The van der Waals surface area contributed by atoms with Gasteiger partial charge in [-0.3, -0.25) is 0 Å². The lowest BCUT2D eigenvalue weighted by molar-refractivity contribution is 0.296. The molecule has 10 heavy (non-hydrogen) atoms. The van der Waals surface area contributed by atoms with Crippen LogP contribution in [0.2, 0.25) is 0 Å². The minimum absolute atomic E-state index is 0.852. The van der Waals surface area contributed by atoms with E-state index < -0.39 is 0 Å². The van der Waals surface area contributed by atoms with Crippen LogP contribution in [0.15, 0.2) is 0 Å². The van der Waals surface area contributed by atoms with E-state index in [1.807, 2.05) is 0 Å². The van der Waals surface area contributed by atoms with Crippen molar-refractivity contribution in [2.75, 3.05) is 13.1 Å².